The molecule has 0 fully saturated rings. The number of aryl methyl sites for hydroxylation is 2. The van der Waals surface area contributed by atoms with E-state index >= 15 is 0 Å². The quantitative estimate of drug-likeness (QED) is 0.678. The Kier molecular flexibility index (Phi) is 3.20. The van der Waals surface area contributed by atoms with E-state index in [4.69, 9.17) is 0 Å². The van der Waals surface area contributed by atoms with Gasteiger partial charge in [0.05, 0.1) is 6.54 Å². The lowest BCUT2D eigenvalue weighted by Crippen LogP contribution is -2.02. The Morgan fingerprint density at radius 1 is 1.25 bits per heavy atom. The van der Waals surface area contributed by atoms with Crippen molar-refractivity contribution >= 4 is 5.69 Å². The summed E-state index contributed by atoms with van der Waals surface area (Å²) in [5, 5.41) is 10.4. The fourth-order valence-corrected chi connectivity index (χ4v) is 2.00. The average molecular weight is 268 g/mol. The van der Waals surface area contributed by atoms with Crippen LogP contribution in [0.2, 0.25) is 0 Å². The molecule has 2 heterocycles. The summed E-state index contributed by atoms with van der Waals surface area (Å²) in [6.07, 6.45) is 3.56. The van der Waals surface area contributed by atoms with E-state index in [9.17, 15) is 0 Å². The summed E-state index contributed by atoms with van der Waals surface area (Å²) < 4.78 is 0. The normalized spacial score (nSPS) is 10.7. The molecule has 102 valence electrons. The van der Waals surface area contributed by atoms with Crippen LogP contribution in [0.5, 0.6) is 0 Å². The van der Waals surface area contributed by atoms with Crippen LogP contribution in [0.15, 0.2) is 30.6 Å². The number of H-pyrrole nitrogens is 2. The summed E-state index contributed by atoms with van der Waals surface area (Å²) in [6.45, 7) is 4.61. The summed E-state index contributed by atoms with van der Waals surface area (Å²) in [4.78, 5) is 11.6. The lowest BCUT2D eigenvalue weighted by Gasteiger charge is -2.09. The van der Waals surface area contributed by atoms with E-state index in [2.05, 4.69) is 49.5 Å². The molecule has 2 aromatic heterocycles. The van der Waals surface area contributed by atoms with Gasteiger partial charge in [-0.1, -0.05) is 12.1 Å². The molecule has 0 spiro atoms. The molecule has 0 amide bonds. The number of aromatic amines is 2. The Labute approximate surface area is 116 Å². The SMILES string of the molecule is Cc1nc(-c2ccc(C)c(NCc3ncc[nH]3)c2)n[nH]1. The largest absolute Gasteiger partial charge is 0.378 e. The van der Waals surface area contributed by atoms with Gasteiger partial charge < -0.3 is 10.3 Å². The van der Waals surface area contributed by atoms with Crippen molar-refractivity contribution in [3.05, 3.63) is 47.8 Å². The van der Waals surface area contributed by atoms with Crippen LogP contribution < -0.4 is 5.32 Å². The predicted octanol–water partition coefficient (Wildman–Crippen LogP) is 2.42. The summed E-state index contributed by atoms with van der Waals surface area (Å²) >= 11 is 0. The molecule has 0 unspecified atom stereocenters. The number of rotatable bonds is 4. The number of aromatic nitrogens is 5. The zero-order valence-electron chi connectivity index (χ0n) is 11.4. The van der Waals surface area contributed by atoms with Gasteiger partial charge in [0.1, 0.15) is 11.6 Å². The van der Waals surface area contributed by atoms with E-state index in [-0.39, 0.29) is 0 Å². The van der Waals surface area contributed by atoms with Crippen molar-refractivity contribution < 1.29 is 0 Å². The van der Waals surface area contributed by atoms with Crippen molar-refractivity contribution in [3.63, 3.8) is 0 Å². The third-order valence-corrected chi connectivity index (χ3v) is 3.09. The number of hydrogen-bond acceptors (Lipinski definition) is 4. The van der Waals surface area contributed by atoms with E-state index in [1.807, 2.05) is 19.2 Å². The van der Waals surface area contributed by atoms with Gasteiger partial charge in [-0.3, -0.25) is 5.10 Å². The van der Waals surface area contributed by atoms with Crippen molar-refractivity contribution in [1.29, 1.82) is 0 Å². The highest BCUT2D eigenvalue weighted by Gasteiger charge is 2.07. The van der Waals surface area contributed by atoms with E-state index in [1.54, 1.807) is 6.20 Å². The van der Waals surface area contributed by atoms with Crippen molar-refractivity contribution in [1.82, 2.24) is 25.1 Å². The first-order valence-electron chi connectivity index (χ1n) is 6.44. The summed E-state index contributed by atoms with van der Waals surface area (Å²) in [6, 6.07) is 6.14. The first kappa shape index (κ1) is 12.4. The van der Waals surface area contributed by atoms with Crippen molar-refractivity contribution in [2.45, 2.75) is 20.4 Å². The highest BCUT2D eigenvalue weighted by molar-refractivity contribution is 5.65. The molecule has 0 saturated heterocycles. The number of imidazole rings is 1. The average Bonchev–Trinajstić information content (AvgIpc) is 3.09. The van der Waals surface area contributed by atoms with Crippen LogP contribution in [0.1, 0.15) is 17.2 Å². The maximum Gasteiger partial charge on any atom is 0.181 e. The molecule has 1 aromatic carbocycles. The molecule has 0 aliphatic carbocycles. The van der Waals surface area contributed by atoms with Crippen LogP contribution in [0, 0.1) is 13.8 Å². The third-order valence-electron chi connectivity index (χ3n) is 3.09. The molecule has 0 saturated carbocycles. The zero-order chi connectivity index (χ0) is 13.9. The van der Waals surface area contributed by atoms with Gasteiger partial charge in [0.15, 0.2) is 5.82 Å². The van der Waals surface area contributed by atoms with Crippen molar-refractivity contribution in [2.24, 2.45) is 0 Å². The highest BCUT2D eigenvalue weighted by Crippen LogP contribution is 2.23. The minimum atomic E-state index is 0.657. The molecule has 0 radical (unpaired) electrons. The van der Waals surface area contributed by atoms with Crippen LogP contribution in [-0.4, -0.2) is 25.1 Å². The van der Waals surface area contributed by atoms with Gasteiger partial charge in [0.25, 0.3) is 0 Å². The number of hydrogen-bond donors (Lipinski definition) is 3. The molecule has 20 heavy (non-hydrogen) atoms. The molecule has 3 N–H and O–H groups in total. The molecule has 3 rings (SSSR count). The Balaban J connectivity index is 1.83. The van der Waals surface area contributed by atoms with Gasteiger partial charge in [-0.05, 0) is 25.5 Å². The third kappa shape index (κ3) is 2.54. The van der Waals surface area contributed by atoms with Gasteiger partial charge in [0.2, 0.25) is 0 Å². The van der Waals surface area contributed by atoms with Crippen LogP contribution in [0.4, 0.5) is 5.69 Å². The summed E-state index contributed by atoms with van der Waals surface area (Å²) in [5.74, 6) is 2.43. The summed E-state index contributed by atoms with van der Waals surface area (Å²) in [5.41, 5.74) is 3.22. The topological polar surface area (TPSA) is 82.3 Å². The van der Waals surface area contributed by atoms with Gasteiger partial charge in [-0.15, -0.1) is 0 Å². The van der Waals surface area contributed by atoms with E-state index < -0.39 is 0 Å². The summed E-state index contributed by atoms with van der Waals surface area (Å²) in [7, 11) is 0. The molecule has 6 nitrogen and oxygen atoms in total. The number of nitrogens with zero attached hydrogens (tertiary/aromatic N) is 3. The molecular weight excluding hydrogens is 252 g/mol. The highest BCUT2D eigenvalue weighted by atomic mass is 15.2. The monoisotopic (exact) mass is 268 g/mol. The molecule has 0 aliphatic heterocycles. The lowest BCUT2D eigenvalue weighted by atomic mass is 10.1. The second kappa shape index (κ2) is 5.16. The van der Waals surface area contributed by atoms with Crippen LogP contribution in [0.3, 0.4) is 0 Å². The maximum absolute atomic E-state index is 4.35. The second-order valence-corrected chi connectivity index (χ2v) is 4.66. The van der Waals surface area contributed by atoms with Crippen LogP contribution in [0.25, 0.3) is 11.4 Å². The second-order valence-electron chi connectivity index (χ2n) is 4.66. The Hall–Kier alpha value is -2.63. The first-order chi connectivity index (χ1) is 9.72. The number of anilines is 1. The zero-order valence-corrected chi connectivity index (χ0v) is 11.4. The van der Waals surface area contributed by atoms with Crippen molar-refractivity contribution in [3.8, 4) is 11.4 Å². The molecular formula is C14H16N6. The molecule has 0 atom stereocenters. The standard InChI is InChI=1S/C14H16N6/c1-9-3-4-11(14-18-10(2)19-20-14)7-12(9)17-8-13-15-5-6-16-13/h3-7,17H,8H2,1-2H3,(H,15,16)(H,18,19,20). The van der Waals surface area contributed by atoms with Gasteiger partial charge in [-0.2, -0.15) is 5.10 Å². The van der Waals surface area contributed by atoms with Crippen LogP contribution in [-0.2, 0) is 6.54 Å². The molecule has 3 aromatic rings. The minimum absolute atomic E-state index is 0.657. The Morgan fingerprint density at radius 2 is 2.15 bits per heavy atom. The van der Waals surface area contributed by atoms with E-state index in [1.165, 1.54) is 5.56 Å². The molecule has 0 bridgehead atoms. The van der Waals surface area contributed by atoms with Gasteiger partial charge in [0, 0.05) is 23.6 Å². The molecule has 0 aliphatic rings. The molecule has 6 heteroatoms. The van der Waals surface area contributed by atoms with Crippen LogP contribution >= 0.6 is 0 Å². The smallest absolute Gasteiger partial charge is 0.181 e. The van der Waals surface area contributed by atoms with Gasteiger partial charge in [-0.25, -0.2) is 9.97 Å². The van der Waals surface area contributed by atoms with Crippen molar-refractivity contribution in [2.75, 3.05) is 5.32 Å². The first-order valence-corrected chi connectivity index (χ1v) is 6.44. The van der Waals surface area contributed by atoms with E-state index in [0.29, 0.717) is 12.4 Å². The lowest BCUT2D eigenvalue weighted by molar-refractivity contribution is 0.997. The van der Waals surface area contributed by atoms with E-state index in [0.717, 1.165) is 22.9 Å². The predicted molar refractivity (Wildman–Crippen MR) is 77.2 cm³/mol. The minimum Gasteiger partial charge on any atom is -0.378 e. The Morgan fingerprint density at radius 3 is 2.85 bits per heavy atom. The fourth-order valence-electron chi connectivity index (χ4n) is 2.00. The number of benzene rings is 1. The fraction of sp³-hybridized carbons (Fsp3) is 0.214. The van der Waals surface area contributed by atoms with Gasteiger partial charge >= 0.3 is 0 Å². The maximum atomic E-state index is 4.35. The number of nitrogens with one attached hydrogen (secondary N) is 3. The Bertz CT molecular complexity index is 698.